The van der Waals surface area contributed by atoms with E-state index in [1.54, 1.807) is 11.3 Å². The number of benzene rings is 1. The SMILES string of the molecule is Cc1nn(-c2ccccc2)c(C)c1C(=O)NCCSCc1cccs1. The van der Waals surface area contributed by atoms with Gasteiger partial charge in [0.2, 0.25) is 0 Å². The maximum atomic E-state index is 12.6. The van der Waals surface area contributed by atoms with Gasteiger partial charge < -0.3 is 5.32 Å². The summed E-state index contributed by atoms with van der Waals surface area (Å²) in [6, 6.07) is 14.1. The number of nitrogens with zero attached hydrogens (tertiary/aromatic N) is 2. The number of carbonyl (C=O) groups is 1. The maximum Gasteiger partial charge on any atom is 0.255 e. The van der Waals surface area contributed by atoms with Gasteiger partial charge >= 0.3 is 0 Å². The molecule has 25 heavy (non-hydrogen) atoms. The van der Waals surface area contributed by atoms with Gasteiger partial charge in [0.15, 0.2) is 0 Å². The van der Waals surface area contributed by atoms with E-state index in [-0.39, 0.29) is 5.91 Å². The predicted molar refractivity (Wildman–Crippen MR) is 106 cm³/mol. The van der Waals surface area contributed by atoms with Gasteiger partial charge in [-0.05, 0) is 37.4 Å². The predicted octanol–water partition coefficient (Wildman–Crippen LogP) is 4.21. The lowest BCUT2D eigenvalue weighted by molar-refractivity contribution is 0.0955. The number of hydrogen-bond acceptors (Lipinski definition) is 4. The molecule has 0 bridgehead atoms. The molecule has 1 aromatic carbocycles. The van der Waals surface area contributed by atoms with Crippen molar-refractivity contribution in [3.8, 4) is 5.69 Å². The molecular formula is C19H21N3OS2. The van der Waals surface area contributed by atoms with E-state index in [2.05, 4.69) is 27.9 Å². The highest BCUT2D eigenvalue weighted by atomic mass is 32.2. The topological polar surface area (TPSA) is 46.9 Å². The van der Waals surface area contributed by atoms with Crippen LogP contribution in [0.4, 0.5) is 0 Å². The van der Waals surface area contributed by atoms with E-state index < -0.39 is 0 Å². The van der Waals surface area contributed by atoms with Gasteiger partial charge in [0.25, 0.3) is 5.91 Å². The number of thioether (sulfide) groups is 1. The third-order valence-corrected chi connectivity index (χ3v) is 5.94. The lowest BCUT2D eigenvalue weighted by Crippen LogP contribution is -2.26. The smallest absolute Gasteiger partial charge is 0.255 e. The molecule has 0 saturated heterocycles. The Balaban J connectivity index is 1.58. The van der Waals surface area contributed by atoms with Crippen molar-refractivity contribution in [3.05, 3.63) is 69.7 Å². The van der Waals surface area contributed by atoms with Crippen molar-refractivity contribution in [2.75, 3.05) is 12.3 Å². The van der Waals surface area contributed by atoms with Crippen LogP contribution < -0.4 is 5.32 Å². The maximum absolute atomic E-state index is 12.6. The summed E-state index contributed by atoms with van der Waals surface area (Å²) in [7, 11) is 0. The lowest BCUT2D eigenvalue weighted by Gasteiger charge is -2.07. The van der Waals surface area contributed by atoms with Crippen LogP contribution in [0.15, 0.2) is 47.8 Å². The molecule has 2 heterocycles. The summed E-state index contributed by atoms with van der Waals surface area (Å²) in [6.45, 7) is 4.48. The van der Waals surface area contributed by atoms with Crippen molar-refractivity contribution in [1.29, 1.82) is 0 Å². The summed E-state index contributed by atoms with van der Waals surface area (Å²) < 4.78 is 1.83. The molecule has 0 aliphatic heterocycles. The number of aromatic nitrogens is 2. The number of nitrogens with one attached hydrogen (secondary N) is 1. The van der Waals surface area contributed by atoms with E-state index in [1.165, 1.54) is 4.88 Å². The third kappa shape index (κ3) is 4.32. The number of amides is 1. The lowest BCUT2D eigenvalue weighted by atomic mass is 10.2. The Hall–Kier alpha value is -2.05. The molecule has 0 aliphatic rings. The molecule has 1 N–H and O–H groups in total. The number of thiophene rings is 1. The average Bonchev–Trinajstić information content (AvgIpc) is 3.23. The van der Waals surface area contributed by atoms with Crippen LogP contribution in [0.1, 0.15) is 26.6 Å². The van der Waals surface area contributed by atoms with E-state index in [0.29, 0.717) is 12.1 Å². The van der Waals surface area contributed by atoms with Crippen LogP contribution >= 0.6 is 23.1 Å². The minimum atomic E-state index is -0.0473. The highest BCUT2D eigenvalue weighted by Crippen LogP contribution is 2.18. The van der Waals surface area contributed by atoms with Crippen molar-refractivity contribution < 1.29 is 4.79 Å². The summed E-state index contributed by atoms with van der Waals surface area (Å²) in [4.78, 5) is 13.9. The Morgan fingerprint density at radius 1 is 1.20 bits per heavy atom. The molecule has 0 atom stereocenters. The number of carbonyl (C=O) groups excluding carboxylic acids is 1. The zero-order valence-electron chi connectivity index (χ0n) is 14.4. The van der Waals surface area contributed by atoms with Gasteiger partial charge in [0.05, 0.1) is 22.6 Å². The Labute approximate surface area is 156 Å². The van der Waals surface area contributed by atoms with E-state index >= 15 is 0 Å². The van der Waals surface area contributed by atoms with Crippen molar-refractivity contribution in [2.45, 2.75) is 19.6 Å². The molecule has 0 spiro atoms. The second-order valence-corrected chi connectivity index (χ2v) is 7.82. The van der Waals surface area contributed by atoms with Crippen LogP contribution in [-0.2, 0) is 5.75 Å². The molecule has 1 amide bonds. The average molecular weight is 372 g/mol. The van der Waals surface area contributed by atoms with Crippen LogP contribution in [0.25, 0.3) is 5.69 Å². The molecule has 3 aromatic rings. The van der Waals surface area contributed by atoms with Gasteiger partial charge in [-0.25, -0.2) is 4.68 Å². The summed E-state index contributed by atoms with van der Waals surface area (Å²) >= 11 is 3.60. The first-order valence-electron chi connectivity index (χ1n) is 8.17. The normalized spacial score (nSPS) is 10.8. The van der Waals surface area contributed by atoms with Gasteiger partial charge in [-0.1, -0.05) is 24.3 Å². The molecular weight excluding hydrogens is 350 g/mol. The number of para-hydroxylation sites is 1. The molecule has 0 unspecified atom stereocenters. The fourth-order valence-electron chi connectivity index (χ4n) is 2.68. The Bertz CT molecular complexity index is 826. The van der Waals surface area contributed by atoms with Gasteiger partial charge in [0, 0.05) is 22.9 Å². The van der Waals surface area contributed by atoms with Crippen LogP contribution in [-0.4, -0.2) is 28.0 Å². The second-order valence-electron chi connectivity index (χ2n) is 5.68. The van der Waals surface area contributed by atoms with Gasteiger partial charge in [-0.2, -0.15) is 16.9 Å². The summed E-state index contributed by atoms with van der Waals surface area (Å²) in [5.74, 6) is 1.85. The van der Waals surface area contributed by atoms with E-state index in [0.717, 1.165) is 28.6 Å². The van der Waals surface area contributed by atoms with E-state index in [9.17, 15) is 4.79 Å². The number of aryl methyl sites for hydroxylation is 1. The first kappa shape index (κ1) is 17.8. The summed E-state index contributed by atoms with van der Waals surface area (Å²) in [6.07, 6.45) is 0. The van der Waals surface area contributed by atoms with E-state index in [4.69, 9.17) is 0 Å². The van der Waals surface area contributed by atoms with Crippen LogP contribution in [0.2, 0.25) is 0 Å². The van der Waals surface area contributed by atoms with Crippen molar-refractivity contribution in [3.63, 3.8) is 0 Å². The second kappa shape index (κ2) is 8.36. The molecule has 0 aliphatic carbocycles. The Morgan fingerprint density at radius 2 is 2.00 bits per heavy atom. The molecule has 2 aromatic heterocycles. The van der Waals surface area contributed by atoms with E-state index in [1.807, 2.05) is 60.6 Å². The molecule has 3 rings (SSSR count). The molecule has 6 heteroatoms. The monoisotopic (exact) mass is 371 g/mol. The molecule has 0 radical (unpaired) electrons. The highest BCUT2D eigenvalue weighted by Gasteiger charge is 2.18. The Kier molecular flexibility index (Phi) is 5.94. The fourth-order valence-corrected chi connectivity index (χ4v) is 4.38. The Morgan fingerprint density at radius 3 is 2.72 bits per heavy atom. The van der Waals surface area contributed by atoms with Crippen LogP contribution in [0, 0.1) is 13.8 Å². The van der Waals surface area contributed by atoms with Crippen LogP contribution in [0.3, 0.4) is 0 Å². The minimum absolute atomic E-state index is 0.0473. The zero-order chi connectivity index (χ0) is 17.6. The largest absolute Gasteiger partial charge is 0.351 e. The van der Waals surface area contributed by atoms with Crippen LogP contribution in [0.5, 0.6) is 0 Å². The van der Waals surface area contributed by atoms with Gasteiger partial charge in [-0.3, -0.25) is 4.79 Å². The van der Waals surface area contributed by atoms with Gasteiger partial charge in [-0.15, -0.1) is 11.3 Å². The number of hydrogen-bond donors (Lipinski definition) is 1. The molecule has 0 fully saturated rings. The van der Waals surface area contributed by atoms with Crippen molar-refractivity contribution in [1.82, 2.24) is 15.1 Å². The fraction of sp³-hybridized carbons (Fsp3) is 0.263. The minimum Gasteiger partial charge on any atom is -0.351 e. The quantitative estimate of drug-likeness (QED) is 0.633. The third-order valence-electron chi connectivity index (χ3n) is 3.88. The molecule has 130 valence electrons. The first-order valence-corrected chi connectivity index (χ1v) is 10.2. The number of rotatable bonds is 7. The molecule has 0 saturated carbocycles. The van der Waals surface area contributed by atoms with Gasteiger partial charge in [0.1, 0.15) is 0 Å². The van der Waals surface area contributed by atoms with Crippen molar-refractivity contribution >= 4 is 29.0 Å². The van der Waals surface area contributed by atoms with Crippen molar-refractivity contribution in [2.24, 2.45) is 0 Å². The molecule has 4 nitrogen and oxygen atoms in total. The first-order chi connectivity index (χ1) is 12.2. The highest BCUT2D eigenvalue weighted by molar-refractivity contribution is 7.98. The zero-order valence-corrected chi connectivity index (χ0v) is 16.0. The summed E-state index contributed by atoms with van der Waals surface area (Å²) in [5, 5.41) is 9.64. The standard InChI is InChI=1S/C19H21N3OS2/c1-14-18(15(2)22(21-14)16-7-4-3-5-8-16)19(23)20-10-12-24-13-17-9-6-11-25-17/h3-9,11H,10,12-13H2,1-2H3,(H,20,23). The summed E-state index contributed by atoms with van der Waals surface area (Å²) in [5.41, 5.74) is 3.26.